The molecule has 1 fully saturated rings. The smallest absolute Gasteiger partial charge is 0.306 e. The van der Waals surface area contributed by atoms with E-state index in [-0.39, 0.29) is 17.1 Å². The summed E-state index contributed by atoms with van der Waals surface area (Å²) in [6, 6.07) is 0.428. The van der Waals surface area contributed by atoms with Crippen molar-refractivity contribution in [2.24, 2.45) is 0 Å². The van der Waals surface area contributed by atoms with Crippen molar-refractivity contribution in [1.29, 1.82) is 0 Å². The van der Waals surface area contributed by atoms with Crippen LogP contribution in [0.2, 0.25) is 0 Å². The molecule has 1 rings (SSSR count). The summed E-state index contributed by atoms with van der Waals surface area (Å²) in [6.07, 6.45) is 6.42. The van der Waals surface area contributed by atoms with E-state index in [4.69, 9.17) is 0 Å². The number of carbonyl (C=O) groups excluding carboxylic acids is 2. The van der Waals surface area contributed by atoms with E-state index < -0.39 is 0 Å². The summed E-state index contributed by atoms with van der Waals surface area (Å²) in [6.45, 7) is 4.80. The molecule has 5 heteroatoms. The first kappa shape index (κ1) is 17.3. The number of esters is 1. The molecule has 1 unspecified atom stereocenters. The van der Waals surface area contributed by atoms with Crippen LogP contribution < -0.4 is 0 Å². The lowest BCUT2D eigenvalue weighted by molar-refractivity contribution is -0.140. The molecular formula is C15H27NO3S. The Kier molecular flexibility index (Phi) is 8.04. The first-order chi connectivity index (χ1) is 9.58. The second-order valence-electron chi connectivity index (χ2n) is 5.37. The highest BCUT2D eigenvalue weighted by Gasteiger charge is 2.24. The van der Waals surface area contributed by atoms with Crippen LogP contribution in [-0.2, 0) is 14.3 Å². The monoisotopic (exact) mass is 301 g/mol. The van der Waals surface area contributed by atoms with Crippen molar-refractivity contribution in [3.63, 3.8) is 0 Å². The first-order valence-electron chi connectivity index (χ1n) is 7.56. The fourth-order valence-electron chi connectivity index (χ4n) is 2.70. The first-order valence-corrected chi connectivity index (χ1v) is 8.61. The Balaban J connectivity index is 2.37. The molecule has 0 radical (unpaired) electrons. The van der Waals surface area contributed by atoms with E-state index in [1.165, 1.54) is 26.4 Å². The zero-order chi connectivity index (χ0) is 15.0. The SMILES string of the molecule is CCN(C(=O)CSC(C)CC(=O)OC)C1CCCCC1. The Morgan fingerprint density at radius 3 is 2.50 bits per heavy atom. The Labute approximate surface area is 126 Å². The molecule has 1 aliphatic carbocycles. The molecule has 4 nitrogen and oxygen atoms in total. The average molecular weight is 301 g/mol. The lowest BCUT2D eigenvalue weighted by Gasteiger charge is -2.33. The van der Waals surface area contributed by atoms with Crippen LogP contribution in [0.25, 0.3) is 0 Å². The number of carbonyl (C=O) groups is 2. The molecular weight excluding hydrogens is 274 g/mol. The van der Waals surface area contributed by atoms with Gasteiger partial charge in [-0.2, -0.15) is 0 Å². The maximum Gasteiger partial charge on any atom is 0.306 e. The van der Waals surface area contributed by atoms with Crippen LogP contribution in [0.1, 0.15) is 52.4 Å². The van der Waals surface area contributed by atoms with Crippen LogP contribution in [0.5, 0.6) is 0 Å². The van der Waals surface area contributed by atoms with Gasteiger partial charge in [-0.05, 0) is 19.8 Å². The van der Waals surface area contributed by atoms with E-state index in [0.717, 1.165) is 19.4 Å². The van der Waals surface area contributed by atoms with Crippen LogP contribution in [0.4, 0.5) is 0 Å². The second kappa shape index (κ2) is 9.27. The van der Waals surface area contributed by atoms with Crippen LogP contribution in [0.15, 0.2) is 0 Å². The van der Waals surface area contributed by atoms with Crippen LogP contribution >= 0.6 is 11.8 Å². The van der Waals surface area contributed by atoms with Gasteiger partial charge in [-0.15, -0.1) is 11.8 Å². The maximum absolute atomic E-state index is 12.3. The number of rotatable bonds is 7. The molecule has 1 aliphatic rings. The van der Waals surface area contributed by atoms with Gasteiger partial charge in [-0.1, -0.05) is 26.2 Å². The molecule has 0 saturated heterocycles. The van der Waals surface area contributed by atoms with Gasteiger partial charge in [0.05, 0.1) is 19.3 Å². The molecule has 20 heavy (non-hydrogen) atoms. The minimum Gasteiger partial charge on any atom is -0.469 e. The molecule has 1 saturated carbocycles. The fraction of sp³-hybridized carbons (Fsp3) is 0.867. The number of ether oxygens (including phenoxy) is 1. The number of amides is 1. The number of nitrogens with zero attached hydrogens (tertiary/aromatic N) is 1. The quantitative estimate of drug-likeness (QED) is 0.678. The van der Waals surface area contributed by atoms with E-state index >= 15 is 0 Å². The summed E-state index contributed by atoms with van der Waals surface area (Å²) in [4.78, 5) is 25.5. The average Bonchev–Trinajstić information content (AvgIpc) is 2.47. The van der Waals surface area contributed by atoms with Crippen molar-refractivity contribution in [2.75, 3.05) is 19.4 Å². The van der Waals surface area contributed by atoms with Crippen LogP contribution in [-0.4, -0.2) is 47.5 Å². The van der Waals surface area contributed by atoms with Crippen molar-refractivity contribution >= 4 is 23.6 Å². The van der Waals surface area contributed by atoms with E-state index in [2.05, 4.69) is 11.7 Å². The Bertz CT molecular complexity index is 316. The van der Waals surface area contributed by atoms with Gasteiger partial charge in [0.25, 0.3) is 0 Å². The highest BCUT2D eigenvalue weighted by Crippen LogP contribution is 2.24. The van der Waals surface area contributed by atoms with Crippen molar-refractivity contribution in [3.8, 4) is 0 Å². The van der Waals surface area contributed by atoms with E-state index in [0.29, 0.717) is 18.2 Å². The third kappa shape index (κ3) is 5.73. The number of hydrogen-bond donors (Lipinski definition) is 0. The predicted octanol–water partition coefficient (Wildman–Crippen LogP) is 2.85. The molecule has 1 atom stereocenters. The van der Waals surface area contributed by atoms with Gasteiger partial charge in [0.2, 0.25) is 5.91 Å². The summed E-state index contributed by atoms with van der Waals surface area (Å²) < 4.78 is 4.64. The Morgan fingerprint density at radius 1 is 1.30 bits per heavy atom. The molecule has 0 spiro atoms. The fourth-order valence-corrected chi connectivity index (χ4v) is 3.55. The Hall–Kier alpha value is -0.710. The number of methoxy groups -OCH3 is 1. The van der Waals surface area contributed by atoms with Gasteiger partial charge in [0.1, 0.15) is 0 Å². The van der Waals surface area contributed by atoms with Crippen molar-refractivity contribution in [3.05, 3.63) is 0 Å². The van der Waals surface area contributed by atoms with Gasteiger partial charge < -0.3 is 9.64 Å². The molecule has 0 heterocycles. The van der Waals surface area contributed by atoms with Crippen molar-refractivity contribution < 1.29 is 14.3 Å². The zero-order valence-corrected chi connectivity index (χ0v) is 13.7. The minimum atomic E-state index is -0.211. The third-order valence-electron chi connectivity index (χ3n) is 3.85. The molecule has 0 bridgehead atoms. The maximum atomic E-state index is 12.3. The number of hydrogen-bond acceptors (Lipinski definition) is 4. The molecule has 1 amide bonds. The van der Waals surface area contributed by atoms with Crippen molar-refractivity contribution in [2.45, 2.75) is 63.7 Å². The normalized spacial score (nSPS) is 17.6. The second-order valence-corrected chi connectivity index (χ2v) is 6.80. The van der Waals surface area contributed by atoms with E-state index in [1.807, 2.05) is 11.8 Å². The standard InChI is InChI=1S/C15H27NO3S/c1-4-16(13-8-6-5-7-9-13)14(17)11-20-12(2)10-15(18)19-3/h12-13H,4-11H2,1-3H3. The van der Waals surface area contributed by atoms with Crippen LogP contribution in [0.3, 0.4) is 0 Å². The summed E-state index contributed by atoms with van der Waals surface area (Å²) in [5.74, 6) is 0.459. The van der Waals surface area contributed by atoms with Crippen molar-refractivity contribution in [1.82, 2.24) is 4.90 Å². The molecule has 0 aliphatic heterocycles. The van der Waals surface area contributed by atoms with E-state index in [1.54, 1.807) is 11.8 Å². The van der Waals surface area contributed by atoms with Gasteiger partial charge >= 0.3 is 5.97 Å². The largest absolute Gasteiger partial charge is 0.469 e. The highest BCUT2D eigenvalue weighted by atomic mass is 32.2. The lowest BCUT2D eigenvalue weighted by Crippen LogP contribution is -2.42. The predicted molar refractivity (Wildman–Crippen MR) is 82.8 cm³/mol. The molecule has 0 N–H and O–H groups in total. The minimum absolute atomic E-state index is 0.122. The molecule has 116 valence electrons. The van der Waals surface area contributed by atoms with Gasteiger partial charge in [-0.3, -0.25) is 9.59 Å². The molecule has 0 aromatic heterocycles. The Morgan fingerprint density at radius 2 is 1.95 bits per heavy atom. The zero-order valence-electron chi connectivity index (χ0n) is 12.9. The summed E-state index contributed by atoms with van der Waals surface area (Å²) in [5, 5.41) is 0.122. The van der Waals surface area contributed by atoms with E-state index in [9.17, 15) is 9.59 Å². The molecule has 0 aromatic carbocycles. The number of thioether (sulfide) groups is 1. The van der Waals surface area contributed by atoms with Crippen LogP contribution in [0, 0.1) is 0 Å². The molecule has 0 aromatic rings. The summed E-state index contributed by atoms with van der Waals surface area (Å²) in [5.41, 5.74) is 0. The van der Waals surface area contributed by atoms with Gasteiger partial charge in [0.15, 0.2) is 0 Å². The van der Waals surface area contributed by atoms with Gasteiger partial charge in [-0.25, -0.2) is 0 Å². The third-order valence-corrected chi connectivity index (χ3v) is 5.00. The summed E-state index contributed by atoms with van der Waals surface area (Å²) >= 11 is 1.54. The summed E-state index contributed by atoms with van der Waals surface area (Å²) in [7, 11) is 1.40. The topological polar surface area (TPSA) is 46.6 Å². The van der Waals surface area contributed by atoms with Gasteiger partial charge in [0, 0.05) is 17.8 Å². The lowest BCUT2D eigenvalue weighted by atomic mass is 9.94. The highest BCUT2D eigenvalue weighted by molar-refractivity contribution is 8.00.